The van der Waals surface area contributed by atoms with Gasteiger partial charge in [0, 0.05) is 33.2 Å². The van der Waals surface area contributed by atoms with Crippen LogP contribution >= 0.6 is 23.2 Å². The molecule has 8 nitrogen and oxygen atoms in total. The Morgan fingerprint density at radius 3 is 2.35 bits per heavy atom. The molecule has 1 aliphatic heterocycles. The summed E-state index contributed by atoms with van der Waals surface area (Å²) >= 11 is 12.1. The number of anilines is 2. The van der Waals surface area contributed by atoms with Gasteiger partial charge in [0.25, 0.3) is 5.91 Å². The molecule has 0 bridgehead atoms. The van der Waals surface area contributed by atoms with Crippen LogP contribution in [0.3, 0.4) is 0 Å². The normalized spacial score (nSPS) is 15.1. The number of ether oxygens (including phenoxy) is 1. The Morgan fingerprint density at radius 1 is 1.16 bits per heavy atom. The first-order valence-corrected chi connectivity index (χ1v) is 12.2. The van der Waals surface area contributed by atoms with E-state index in [2.05, 4.69) is 5.32 Å². The van der Waals surface area contributed by atoms with Crippen molar-refractivity contribution in [3.63, 3.8) is 0 Å². The molecule has 1 amide bonds. The summed E-state index contributed by atoms with van der Waals surface area (Å²) in [5.41, 5.74) is 1.39. The van der Waals surface area contributed by atoms with E-state index >= 15 is 0 Å². The molecular formula is C20H26Cl2N4O4S. The predicted molar refractivity (Wildman–Crippen MR) is 123 cm³/mol. The van der Waals surface area contributed by atoms with Gasteiger partial charge in [-0.05, 0) is 38.1 Å². The Kier molecular flexibility index (Phi) is 7.54. The summed E-state index contributed by atoms with van der Waals surface area (Å²) < 4.78 is 34.4. The topological polar surface area (TPSA) is 83.9 Å². The molecular weight excluding hydrogens is 463 g/mol. The molecule has 3 rings (SSSR count). The van der Waals surface area contributed by atoms with Crippen LogP contribution in [0.25, 0.3) is 0 Å². The van der Waals surface area contributed by atoms with Crippen LogP contribution < -0.4 is 10.2 Å². The molecule has 0 spiro atoms. The highest BCUT2D eigenvalue weighted by molar-refractivity contribution is 7.89. The lowest BCUT2D eigenvalue weighted by Crippen LogP contribution is -2.40. The van der Waals surface area contributed by atoms with Crippen LogP contribution in [0.2, 0.25) is 10.2 Å². The Labute approximate surface area is 192 Å². The van der Waals surface area contributed by atoms with Gasteiger partial charge in [-0.15, -0.1) is 0 Å². The van der Waals surface area contributed by atoms with Crippen LogP contribution in [0.5, 0.6) is 0 Å². The van der Waals surface area contributed by atoms with Crippen molar-refractivity contribution in [2.24, 2.45) is 7.05 Å². The lowest BCUT2D eigenvalue weighted by atomic mass is 10.2. The van der Waals surface area contributed by atoms with Gasteiger partial charge >= 0.3 is 0 Å². The van der Waals surface area contributed by atoms with Crippen LogP contribution in [0.1, 0.15) is 24.3 Å². The van der Waals surface area contributed by atoms with Crippen molar-refractivity contribution in [1.29, 1.82) is 0 Å². The van der Waals surface area contributed by atoms with Crippen LogP contribution in [0.4, 0.5) is 11.4 Å². The predicted octanol–water partition coefficient (Wildman–Crippen LogP) is 3.45. The molecule has 1 fully saturated rings. The van der Waals surface area contributed by atoms with Crippen LogP contribution in [-0.4, -0.2) is 62.6 Å². The SMILES string of the molecule is CCN(CC)c1ccc(S(=O)(=O)N2CCOCC2)cc1NC(=O)c1cc(Cl)c(Cl)n1C. The van der Waals surface area contributed by atoms with Crippen LogP contribution in [0.15, 0.2) is 29.2 Å². The zero-order valence-electron chi connectivity index (χ0n) is 17.7. The summed E-state index contributed by atoms with van der Waals surface area (Å²) in [5.74, 6) is -0.439. The van der Waals surface area contributed by atoms with Gasteiger partial charge in [0.2, 0.25) is 10.0 Å². The Bertz CT molecular complexity index is 1060. The minimum absolute atomic E-state index is 0.114. The second-order valence-electron chi connectivity index (χ2n) is 7.05. The standard InChI is InChI=1S/C20H26Cl2N4O4S/c1-4-25(5-2)17-7-6-14(31(28,29)26-8-10-30-11-9-26)12-16(17)23-20(27)18-13-15(21)19(22)24(18)3/h6-7,12-13H,4-5,8-11H2,1-3H3,(H,23,27). The lowest BCUT2D eigenvalue weighted by Gasteiger charge is -2.28. The van der Waals surface area contributed by atoms with Gasteiger partial charge in [-0.25, -0.2) is 8.42 Å². The van der Waals surface area contributed by atoms with Gasteiger partial charge in [0.1, 0.15) is 10.8 Å². The number of hydrogen-bond donors (Lipinski definition) is 1. The first-order valence-electron chi connectivity index (χ1n) is 9.99. The summed E-state index contributed by atoms with van der Waals surface area (Å²) in [4.78, 5) is 15.1. The van der Waals surface area contributed by atoms with Crippen molar-refractivity contribution in [3.05, 3.63) is 40.1 Å². The number of morpholine rings is 1. The maximum atomic E-state index is 13.1. The number of halogens is 2. The van der Waals surface area contributed by atoms with E-state index in [1.165, 1.54) is 21.0 Å². The monoisotopic (exact) mass is 488 g/mol. The van der Waals surface area contributed by atoms with Crippen LogP contribution in [0, 0.1) is 0 Å². The first kappa shape index (κ1) is 23.9. The minimum Gasteiger partial charge on any atom is -0.379 e. The van der Waals surface area contributed by atoms with E-state index in [-0.39, 0.29) is 20.8 Å². The summed E-state index contributed by atoms with van der Waals surface area (Å²) in [6.07, 6.45) is 0. The number of hydrogen-bond acceptors (Lipinski definition) is 5. The fourth-order valence-corrected chi connectivity index (χ4v) is 5.31. The molecule has 2 aromatic rings. The fourth-order valence-electron chi connectivity index (χ4n) is 3.50. The second kappa shape index (κ2) is 9.79. The van der Waals surface area contributed by atoms with Crippen molar-refractivity contribution in [1.82, 2.24) is 8.87 Å². The van der Waals surface area contributed by atoms with Crippen molar-refractivity contribution >= 4 is 50.5 Å². The quantitative estimate of drug-likeness (QED) is 0.644. The number of rotatable bonds is 7. The molecule has 1 N–H and O–H groups in total. The summed E-state index contributed by atoms with van der Waals surface area (Å²) in [7, 11) is -2.08. The molecule has 1 aliphatic rings. The van der Waals surface area contributed by atoms with E-state index in [0.717, 1.165) is 5.69 Å². The molecule has 1 aromatic heterocycles. The molecule has 1 saturated heterocycles. The molecule has 170 valence electrons. The molecule has 0 aliphatic carbocycles. The van der Waals surface area contributed by atoms with E-state index < -0.39 is 15.9 Å². The Morgan fingerprint density at radius 2 is 1.81 bits per heavy atom. The molecule has 0 atom stereocenters. The number of benzene rings is 1. The molecule has 0 saturated carbocycles. The van der Waals surface area contributed by atoms with Gasteiger partial charge in [-0.3, -0.25) is 4.79 Å². The second-order valence-corrected chi connectivity index (χ2v) is 9.75. The third-order valence-electron chi connectivity index (χ3n) is 5.28. The maximum absolute atomic E-state index is 13.1. The molecule has 11 heteroatoms. The van der Waals surface area contributed by atoms with Gasteiger partial charge in [-0.2, -0.15) is 4.31 Å². The number of carbonyl (C=O) groups is 1. The number of amides is 1. The highest BCUT2D eigenvalue weighted by Gasteiger charge is 2.28. The molecule has 0 radical (unpaired) electrons. The van der Waals surface area contributed by atoms with Gasteiger partial charge in [-0.1, -0.05) is 23.2 Å². The Hall–Kier alpha value is -1.78. The van der Waals surface area contributed by atoms with E-state index in [1.807, 2.05) is 18.7 Å². The number of sulfonamides is 1. The molecule has 2 heterocycles. The summed E-state index contributed by atoms with van der Waals surface area (Å²) in [6, 6.07) is 6.28. The zero-order valence-corrected chi connectivity index (χ0v) is 20.0. The van der Waals surface area contributed by atoms with Crippen LogP contribution in [-0.2, 0) is 21.8 Å². The van der Waals surface area contributed by atoms with E-state index in [1.54, 1.807) is 19.2 Å². The zero-order chi connectivity index (χ0) is 22.8. The number of nitrogens with one attached hydrogen (secondary N) is 1. The average Bonchev–Trinajstić information content (AvgIpc) is 3.03. The Balaban J connectivity index is 2.01. The fraction of sp³-hybridized carbons (Fsp3) is 0.450. The largest absolute Gasteiger partial charge is 0.379 e. The maximum Gasteiger partial charge on any atom is 0.272 e. The summed E-state index contributed by atoms with van der Waals surface area (Å²) in [5, 5.41) is 3.36. The van der Waals surface area contributed by atoms with E-state index in [4.69, 9.17) is 27.9 Å². The minimum atomic E-state index is -3.72. The van der Waals surface area contributed by atoms with Crippen molar-refractivity contribution in [3.8, 4) is 0 Å². The first-order chi connectivity index (χ1) is 14.7. The molecule has 31 heavy (non-hydrogen) atoms. The average molecular weight is 489 g/mol. The van der Waals surface area contributed by atoms with Crippen molar-refractivity contribution in [2.75, 3.05) is 49.6 Å². The molecule has 1 aromatic carbocycles. The smallest absolute Gasteiger partial charge is 0.272 e. The number of aromatic nitrogens is 1. The van der Waals surface area contributed by atoms with Crippen molar-refractivity contribution in [2.45, 2.75) is 18.7 Å². The number of nitrogens with zero attached hydrogens (tertiary/aromatic N) is 3. The van der Waals surface area contributed by atoms with Gasteiger partial charge in [0.15, 0.2) is 0 Å². The van der Waals surface area contributed by atoms with E-state index in [9.17, 15) is 13.2 Å². The van der Waals surface area contributed by atoms with Gasteiger partial charge < -0.3 is 19.5 Å². The third-order valence-corrected chi connectivity index (χ3v) is 8.01. The number of carbonyl (C=O) groups excluding carboxylic acids is 1. The molecule has 0 unspecified atom stereocenters. The summed E-state index contributed by atoms with van der Waals surface area (Å²) in [6.45, 7) is 6.66. The van der Waals surface area contributed by atoms with E-state index in [0.29, 0.717) is 45.1 Å². The highest BCUT2D eigenvalue weighted by atomic mass is 35.5. The van der Waals surface area contributed by atoms with Crippen molar-refractivity contribution < 1.29 is 17.9 Å². The third kappa shape index (κ3) is 4.85. The lowest BCUT2D eigenvalue weighted by molar-refractivity contribution is 0.0730. The highest BCUT2D eigenvalue weighted by Crippen LogP contribution is 2.32. The van der Waals surface area contributed by atoms with Gasteiger partial charge in [0.05, 0.1) is 34.5 Å².